The number of hydrogen-bond donors (Lipinski definition) is 1. The van der Waals surface area contributed by atoms with E-state index in [0.717, 1.165) is 9.87 Å². The Balaban J connectivity index is 2.06. The van der Waals surface area contributed by atoms with Crippen molar-refractivity contribution < 1.29 is 22.4 Å². The Hall–Kier alpha value is -3.14. The second kappa shape index (κ2) is 12.8. The molecule has 1 atom stereocenters. The molecule has 208 valence electrons. The maximum atomic E-state index is 13.8. The summed E-state index contributed by atoms with van der Waals surface area (Å²) in [4.78, 5) is 28.0. The largest absolute Gasteiger partial charge is 0.352 e. The first-order valence-corrected chi connectivity index (χ1v) is 14.4. The molecule has 0 saturated heterocycles. The smallest absolute Gasteiger partial charge is 0.264 e. The molecule has 39 heavy (non-hydrogen) atoms. The molecule has 0 spiro atoms. The van der Waals surface area contributed by atoms with Crippen molar-refractivity contribution in [1.82, 2.24) is 10.2 Å². The number of hydrogen-bond acceptors (Lipinski definition) is 4. The van der Waals surface area contributed by atoms with Crippen LogP contribution in [0.15, 0.2) is 71.6 Å². The molecular formula is C28H30Cl2FN3O4S. The van der Waals surface area contributed by atoms with E-state index in [4.69, 9.17) is 23.2 Å². The highest BCUT2D eigenvalue weighted by atomic mass is 35.5. The molecule has 1 unspecified atom stereocenters. The summed E-state index contributed by atoms with van der Waals surface area (Å²) in [5.41, 5.74) is 1.51. The summed E-state index contributed by atoms with van der Waals surface area (Å²) in [5, 5.41) is 3.14. The van der Waals surface area contributed by atoms with Gasteiger partial charge in [0.2, 0.25) is 11.8 Å². The third kappa shape index (κ3) is 7.94. The fourth-order valence-corrected chi connectivity index (χ4v) is 5.74. The Kier molecular flexibility index (Phi) is 9.98. The van der Waals surface area contributed by atoms with Crippen molar-refractivity contribution in [1.29, 1.82) is 0 Å². The normalized spacial score (nSPS) is 12.2. The van der Waals surface area contributed by atoms with Crippen LogP contribution in [0.3, 0.4) is 0 Å². The number of benzene rings is 3. The van der Waals surface area contributed by atoms with Crippen LogP contribution in [-0.4, -0.2) is 43.8 Å². The average molecular weight is 595 g/mol. The number of aryl methyl sites for hydroxylation is 1. The zero-order chi connectivity index (χ0) is 28.9. The number of anilines is 1. The minimum absolute atomic E-state index is 0.0346. The highest BCUT2D eigenvalue weighted by Gasteiger charge is 2.33. The van der Waals surface area contributed by atoms with Gasteiger partial charge in [0.05, 0.1) is 10.6 Å². The van der Waals surface area contributed by atoms with Crippen molar-refractivity contribution >= 4 is 50.7 Å². The molecule has 0 aliphatic heterocycles. The second-order valence-electron chi connectivity index (χ2n) is 9.44. The van der Waals surface area contributed by atoms with Gasteiger partial charge in [-0.2, -0.15) is 0 Å². The van der Waals surface area contributed by atoms with E-state index in [0.29, 0.717) is 5.56 Å². The van der Waals surface area contributed by atoms with Crippen LogP contribution in [0.1, 0.15) is 31.9 Å². The first kappa shape index (κ1) is 30.4. The minimum atomic E-state index is -4.26. The van der Waals surface area contributed by atoms with Crippen LogP contribution in [0.2, 0.25) is 10.0 Å². The number of halogens is 3. The van der Waals surface area contributed by atoms with Gasteiger partial charge in [0.15, 0.2) is 0 Å². The van der Waals surface area contributed by atoms with Gasteiger partial charge in [-0.3, -0.25) is 13.9 Å². The summed E-state index contributed by atoms with van der Waals surface area (Å²) >= 11 is 12.4. The Labute approximate surface area is 238 Å². The van der Waals surface area contributed by atoms with Gasteiger partial charge in [-0.1, -0.05) is 53.0 Å². The van der Waals surface area contributed by atoms with Gasteiger partial charge >= 0.3 is 0 Å². The summed E-state index contributed by atoms with van der Waals surface area (Å²) < 4.78 is 42.1. The molecule has 0 bridgehead atoms. The number of carbonyl (C=O) groups is 2. The van der Waals surface area contributed by atoms with Gasteiger partial charge < -0.3 is 10.2 Å². The Morgan fingerprint density at radius 2 is 1.49 bits per heavy atom. The molecule has 0 aliphatic carbocycles. The van der Waals surface area contributed by atoms with E-state index in [-0.39, 0.29) is 33.2 Å². The lowest BCUT2D eigenvalue weighted by Crippen LogP contribution is -2.52. The quantitative estimate of drug-likeness (QED) is 0.332. The zero-order valence-corrected chi connectivity index (χ0v) is 24.3. The molecule has 0 fully saturated rings. The zero-order valence-electron chi connectivity index (χ0n) is 22.0. The van der Waals surface area contributed by atoms with E-state index < -0.39 is 40.2 Å². The number of carbonyl (C=O) groups excluding carboxylic acids is 2. The number of sulfonamides is 1. The molecule has 11 heteroatoms. The van der Waals surface area contributed by atoms with Gasteiger partial charge in [-0.05, 0) is 75.7 Å². The van der Waals surface area contributed by atoms with Crippen LogP contribution >= 0.6 is 23.2 Å². The van der Waals surface area contributed by atoms with Crippen LogP contribution in [-0.2, 0) is 26.2 Å². The lowest BCUT2D eigenvalue weighted by atomic mass is 10.1. The molecule has 0 saturated carbocycles. The standard InChI is InChI=1S/C28H30Cl2FN3O4S/c1-18(2)32-28(36)20(4)33(16-21-7-9-24(31)10-8-21)27(35)17-34(25-14-22(29)13-23(30)15-25)39(37,38)26-11-5-19(3)6-12-26/h5-15,18,20H,16-17H2,1-4H3,(H,32,36). The summed E-state index contributed by atoms with van der Waals surface area (Å²) in [6.45, 7) is 6.25. The average Bonchev–Trinajstić information content (AvgIpc) is 2.85. The molecule has 3 aromatic carbocycles. The first-order valence-electron chi connectivity index (χ1n) is 12.2. The maximum absolute atomic E-state index is 13.8. The Bertz CT molecular complexity index is 1410. The fourth-order valence-electron chi connectivity index (χ4n) is 3.82. The molecule has 0 heterocycles. The molecule has 2 amide bonds. The lowest BCUT2D eigenvalue weighted by molar-refractivity contribution is -0.139. The number of amides is 2. The van der Waals surface area contributed by atoms with E-state index in [9.17, 15) is 22.4 Å². The van der Waals surface area contributed by atoms with Crippen molar-refractivity contribution in [3.63, 3.8) is 0 Å². The highest BCUT2D eigenvalue weighted by molar-refractivity contribution is 7.92. The Morgan fingerprint density at radius 3 is 2.03 bits per heavy atom. The van der Waals surface area contributed by atoms with E-state index in [2.05, 4.69) is 5.32 Å². The predicted molar refractivity (Wildman–Crippen MR) is 152 cm³/mol. The van der Waals surface area contributed by atoms with E-state index >= 15 is 0 Å². The van der Waals surface area contributed by atoms with Crippen LogP contribution < -0.4 is 9.62 Å². The summed E-state index contributed by atoms with van der Waals surface area (Å²) in [6.07, 6.45) is 0. The van der Waals surface area contributed by atoms with Gasteiger partial charge in [0, 0.05) is 22.6 Å². The first-order chi connectivity index (χ1) is 18.3. The summed E-state index contributed by atoms with van der Waals surface area (Å²) in [6, 6.07) is 14.8. The van der Waals surface area contributed by atoms with Crippen molar-refractivity contribution in [3.05, 3.63) is 93.7 Å². The number of nitrogens with zero attached hydrogens (tertiary/aromatic N) is 2. The molecule has 7 nitrogen and oxygen atoms in total. The molecule has 0 radical (unpaired) electrons. The van der Waals surface area contributed by atoms with Crippen molar-refractivity contribution in [2.24, 2.45) is 0 Å². The molecule has 1 N–H and O–H groups in total. The van der Waals surface area contributed by atoms with E-state index in [1.54, 1.807) is 32.9 Å². The second-order valence-corrected chi connectivity index (χ2v) is 12.2. The van der Waals surface area contributed by atoms with Crippen LogP contribution in [0, 0.1) is 12.7 Å². The van der Waals surface area contributed by atoms with Crippen molar-refractivity contribution in [3.8, 4) is 0 Å². The van der Waals surface area contributed by atoms with Gasteiger partial charge in [0.1, 0.15) is 18.4 Å². The number of nitrogens with one attached hydrogen (secondary N) is 1. The molecule has 3 rings (SSSR count). The Morgan fingerprint density at radius 1 is 0.923 bits per heavy atom. The molecular weight excluding hydrogens is 564 g/mol. The molecule has 0 aromatic heterocycles. The third-order valence-corrected chi connectivity index (χ3v) is 8.11. The van der Waals surface area contributed by atoms with Crippen LogP contribution in [0.4, 0.5) is 10.1 Å². The third-order valence-electron chi connectivity index (χ3n) is 5.89. The monoisotopic (exact) mass is 593 g/mol. The summed E-state index contributed by atoms with van der Waals surface area (Å²) in [5.74, 6) is -1.52. The SMILES string of the molecule is Cc1ccc(S(=O)(=O)N(CC(=O)N(Cc2ccc(F)cc2)C(C)C(=O)NC(C)C)c2cc(Cl)cc(Cl)c2)cc1. The number of rotatable bonds is 10. The lowest BCUT2D eigenvalue weighted by Gasteiger charge is -2.32. The predicted octanol–water partition coefficient (Wildman–Crippen LogP) is 5.58. The van der Waals surface area contributed by atoms with Crippen LogP contribution in [0.25, 0.3) is 0 Å². The van der Waals surface area contributed by atoms with Gasteiger partial charge in [-0.15, -0.1) is 0 Å². The van der Waals surface area contributed by atoms with E-state index in [1.165, 1.54) is 59.5 Å². The van der Waals surface area contributed by atoms with E-state index in [1.807, 2.05) is 6.92 Å². The molecule has 0 aliphatic rings. The molecule has 3 aromatic rings. The topological polar surface area (TPSA) is 86.8 Å². The highest BCUT2D eigenvalue weighted by Crippen LogP contribution is 2.30. The summed E-state index contributed by atoms with van der Waals surface area (Å²) in [7, 11) is -4.26. The van der Waals surface area contributed by atoms with Gasteiger partial charge in [0.25, 0.3) is 10.0 Å². The van der Waals surface area contributed by atoms with Gasteiger partial charge in [-0.25, -0.2) is 12.8 Å². The minimum Gasteiger partial charge on any atom is -0.352 e. The van der Waals surface area contributed by atoms with Crippen molar-refractivity contribution in [2.45, 2.75) is 51.2 Å². The maximum Gasteiger partial charge on any atom is 0.264 e. The van der Waals surface area contributed by atoms with Crippen LogP contribution in [0.5, 0.6) is 0 Å². The fraction of sp³-hybridized carbons (Fsp3) is 0.286. The van der Waals surface area contributed by atoms with Crippen molar-refractivity contribution in [2.75, 3.05) is 10.8 Å².